The van der Waals surface area contributed by atoms with Crippen LogP contribution < -0.4 is 10.1 Å². The van der Waals surface area contributed by atoms with E-state index in [0.29, 0.717) is 0 Å². The van der Waals surface area contributed by atoms with Crippen molar-refractivity contribution in [1.82, 2.24) is 5.32 Å². The van der Waals surface area contributed by atoms with Gasteiger partial charge in [0.15, 0.2) is 6.61 Å². The summed E-state index contributed by atoms with van der Waals surface area (Å²) in [6.45, 7) is -1.19. The van der Waals surface area contributed by atoms with Gasteiger partial charge in [0.1, 0.15) is 11.8 Å². The molecule has 1 atom stereocenters. The van der Waals surface area contributed by atoms with E-state index in [2.05, 4.69) is 9.47 Å². The van der Waals surface area contributed by atoms with Gasteiger partial charge in [0.05, 0.1) is 0 Å². The quantitative estimate of drug-likeness (QED) is 0.826. The van der Waals surface area contributed by atoms with Crippen molar-refractivity contribution in [3.63, 3.8) is 0 Å². The fourth-order valence-electron chi connectivity index (χ4n) is 1.80. The van der Waals surface area contributed by atoms with E-state index in [0.717, 1.165) is 24.3 Å². The third-order valence-corrected chi connectivity index (χ3v) is 2.78. The number of alkyl halides is 6. The molecule has 0 spiro atoms. The molecule has 1 saturated heterocycles. The molecule has 130 valence electrons. The molecule has 0 saturated carbocycles. The van der Waals surface area contributed by atoms with Gasteiger partial charge in [-0.2, -0.15) is 17.6 Å². The Morgan fingerprint density at radius 1 is 1.35 bits per heavy atom. The third-order valence-electron chi connectivity index (χ3n) is 2.78. The summed E-state index contributed by atoms with van der Waals surface area (Å²) in [5.41, 5.74) is -0.288. The molecule has 1 aliphatic rings. The van der Waals surface area contributed by atoms with Crippen molar-refractivity contribution < 1.29 is 40.6 Å². The van der Waals surface area contributed by atoms with E-state index in [1.165, 1.54) is 0 Å². The highest BCUT2D eigenvalue weighted by Gasteiger charge is 2.47. The van der Waals surface area contributed by atoms with Gasteiger partial charge in [0, 0.05) is 0 Å². The SMILES string of the molecule is Cl.O=C1N[C@@H](c2cccc(OC(F)(F)C(F)F)c2)C(F)(F)CO1. The Kier molecular flexibility index (Phi) is 5.62. The number of halogens is 7. The topological polar surface area (TPSA) is 47.6 Å². The lowest BCUT2D eigenvalue weighted by atomic mass is 10.00. The highest BCUT2D eigenvalue weighted by Crippen LogP contribution is 2.36. The molecule has 4 nitrogen and oxygen atoms in total. The summed E-state index contributed by atoms with van der Waals surface area (Å²) >= 11 is 0. The number of alkyl carbamates (subject to hydrolysis) is 1. The van der Waals surface area contributed by atoms with Gasteiger partial charge in [-0.05, 0) is 17.7 Å². The number of hydrogen-bond acceptors (Lipinski definition) is 3. The summed E-state index contributed by atoms with van der Waals surface area (Å²) in [6.07, 6.45) is -9.96. The summed E-state index contributed by atoms with van der Waals surface area (Å²) in [7, 11) is 0. The minimum Gasteiger partial charge on any atom is -0.443 e. The van der Waals surface area contributed by atoms with Crippen LogP contribution >= 0.6 is 12.4 Å². The zero-order chi connectivity index (χ0) is 16.5. The lowest BCUT2D eigenvalue weighted by Gasteiger charge is -2.32. The lowest BCUT2D eigenvalue weighted by molar-refractivity contribution is -0.253. The van der Waals surface area contributed by atoms with Crippen LogP contribution in [0.3, 0.4) is 0 Å². The minimum absolute atomic E-state index is 0. The number of hydrogen-bond donors (Lipinski definition) is 1. The first-order chi connectivity index (χ1) is 10.1. The maximum Gasteiger partial charge on any atom is 0.461 e. The highest BCUT2D eigenvalue weighted by atomic mass is 35.5. The smallest absolute Gasteiger partial charge is 0.443 e. The Morgan fingerprint density at radius 3 is 2.61 bits per heavy atom. The van der Waals surface area contributed by atoms with E-state index in [4.69, 9.17) is 0 Å². The van der Waals surface area contributed by atoms with Gasteiger partial charge < -0.3 is 14.8 Å². The van der Waals surface area contributed by atoms with Crippen molar-refractivity contribution in [2.45, 2.75) is 24.5 Å². The van der Waals surface area contributed by atoms with Crippen LogP contribution in [0.25, 0.3) is 0 Å². The Labute approximate surface area is 132 Å². The Bertz CT molecular complexity index is 571. The van der Waals surface area contributed by atoms with Crippen LogP contribution in [0.15, 0.2) is 24.3 Å². The third kappa shape index (κ3) is 4.34. The second-order valence-corrected chi connectivity index (χ2v) is 4.45. The molecule has 0 aromatic heterocycles. The number of ether oxygens (including phenoxy) is 2. The second-order valence-electron chi connectivity index (χ2n) is 4.45. The number of amides is 1. The van der Waals surface area contributed by atoms with Crippen molar-refractivity contribution >= 4 is 18.5 Å². The molecule has 1 fully saturated rings. The molecule has 1 aromatic carbocycles. The first-order valence-corrected chi connectivity index (χ1v) is 5.88. The molecule has 1 N–H and O–H groups in total. The van der Waals surface area contributed by atoms with Crippen LogP contribution in [0.1, 0.15) is 11.6 Å². The molecule has 1 aromatic rings. The number of nitrogens with one attached hydrogen (secondary N) is 1. The van der Waals surface area contributed by atoms with Crippen LogP contribution in [-0.2, 0) is 4.74 Å². The average molecular weight is 366 g/mol. The largest absolute Gasteiger partial charge is 0.461 e. The van der Waals surface area contributed by atoms with Gasteiger partial charge in [-0.25, -0.2) is 13.6 Å². The molecule has 1 heterocycles. The Morgan fingerprint density at radius 2 is 2.00 bits per heavy atom. The number of carbonyl (C=O) groups is 1. The van der Waals surface area contributed by atoms with Gasteiger partial charge in [-0.3, -0.25) is 0 Å². The fourth-order valence-corrected chi connectivity index (χ4v) is 1.80. The normalized spacial score (nSPS) is 20.3. The number of benzene rings is 1. The Hall–Kier alpha value is -1.84. The molecule has 1 aliphatic heterocycles. The van der Waals surface area contributed by atoms with Crippen LogP contribution in [0, 0.1) is 0 Å². The molecule has 2 rings (SSSR count). The predicted molar refractivity (Wildman–Crippen MR) is 67.4 cm³/mol. The second kappa shape index (κ2) is 6.73. The summed E-state index contributed by atoms with van der Waals surface area (Å²) < 4.78 is 85.0. The van der Waals surface area contributed by atoms with Crippen molar-refractivity contribution in [2.75, 3.05) is 6.61 Å². The van der Waals surface area contributed by atoms with Crippen molar-refractivity contribution in [3.05, 3.63) is 29.8 Å². The van der Waals surface area contributed by atoms with Gasteiger partial charge in [0.2, 0.25) is 0 Å². The summed E-state index contributed by atoms with van der Waals surface area (Å²) in [4.78, 5) is 11.0. The van der Waals surface area contributed by atoms with Gasteiger partial charge >= 0.3 is 24.5 Å². The molecule has 11 heteroatoms. The number of carbonyl (C=O) groups excluding carboxylic acids is 1. The standard InChI is InChI=1S/C12H9F6NO3.ClH/c13-9(14)12(17,18)22-7-3-1-2-6(4-7)8-11(15,16)5-21-10(20)19-8;/h1-4,8-9H,5H2,(H,19,20);1H/t8-;/m0./s1. The van der Waals surface area contributed by atoms with Gasteiger partial charge in [-0.15, -0.1) is 12.4 Å². The maximum atomic E-state index is 13.7. The molecule has 1 amide bonds. The summed E-state index contributed by atoms with van der Waals surface area (Å²) in [5, 5.41) is 1.83. The predicted octanol–water partition coefficient (Wildman–Crippen LogP) is 3.76. The Balaban J connectivity index is 0.00000264. The van der Waals surface area contributed by atoms with E-state index in [-0.39, 0.29) is 18.0 Å². The molecule has 0 aliphatic carbocycles. The van der Waals surface area contributed by atoms with Crippen molar-refractivity contribution in [2.24, 2.45) is 0 Å². The van der Waals surface area contributed by atoms with E-state index >= 15 is 0 Å². The van der Waals surface area contributed by atoms with Crippen molar-refractivity contribution in [3.8, 4) is 5.75 Å². The van der Waals surface area contributed by atoms with E-state index in [1.807, 2.05) is 5.32 Å². The van der Waals surface area contributed by atoms with Crippen LogP contribution in [0.4, 0.5) is 31.1 Å². The van der Waals surface area contributed by atoms with E-state index in [9.17, 15) is 31.1 Å². The van der Waals surface area contributed by atoms with Gasteiger partial charge in [0.25, 0.3) is 0 Å². The molecule has 0 unspecified atom stereocenters. The average Bonchev–Trinajstić information content (AvgIpc) is 2.41. The van der Waals surface area contributed by atoms with Gasteiger partial charge in [-0.1, -0.05) is 12.1 Å². The highest BCUT2D eigenvalue weighted by molar-refractivity contribution is 5.85. The van der Waals surface area contributed by atoms with Crippen molar-refractivity contribution in [1.29, 1.82) is 0 Å². The summed E-state index contributed by atoms with van der Waals surface area (Å²) in [5.74, 6) is -4.24. The zero-order valence-corrected chi connectivity index (χ0v) is 11.9. The zero-order valence-electron chi connectivity index (χ0n) is 11.1. The molecular formula is C12H10ClF6NO3. The van der Waals surface area contributed by atoms with Crippen LogP contribution in [0.2, 0.25) is 0 Å². The number of cyclic esters (lactones) is 1. The molecule has 0 radical (unpaired) electrons. The van der Waals surface area contributed by atoms with E-state index < -0.39 is 42.9 Å². The van der Waals surface area contributed by atoms with Crippen LogP contribution in [-0.4, -0.2) is 31.2 Å². The lowest BCUT2D eigenvalue weighted by Crippen LogP contribution is -2.49. The first-order valence-electron chi connectivity index (χ1n) is 5.88. The monoisotopic (exact) mass is 365 g/mol. The number of rotatable bonds is 4. The van der Waals surface area contributed by atoms with E-state index in [1.54, 1.807) is 0 Å². The molecule has 23 heavy (non-hydrogen) atoms. The minimum atomic E-state index is -4.76. The fraction of sp³-hybridized carbons (Fsp3) is 0.417. The molecular weight excluding hydrogens is 356 g/mol. The van der Waals surface area contributed by atoms with Crippen LogP contribution in [0.5, 0.6) is 5.75 Å². The summed E-state index contributed by atoms with van der Waals surface area (Å²) in [6, 6.07) is 1.94. The molecule has 0 bridgehead atoms. The maximum absolute atomic E-state index is 13.7. The first kappa shape index (κ1) is 19.2.